The molecule has 1 fully saturated rings. The van der Waals surface area contributed by atoms with E-state index >= 15 is 0 Å². The van der Waals surface area contributed by atoms with Crippen molar-refractivity contribution in [2.45, 2.75) is 83.5 Å². The predicted molar refractivity (Wildman–Crippen MR) is 136 cm³/mol. The highest BCUT2D eigenvalue weighted by Gasteiger charge is 2.22. The minimum absolute atomic E-state index is 0.248. The molecule has 0 N–H and O–H groups in total. The molecule has 1 aliphatic carbocycles. The van der Waals surface area contributed by atoms with E-state index in [-0.39, 0.29) is 5.82 Å². The van der Waals surface area contributed by atoms with Gasteiger partial charge in [0.05, 0.1) is 0 Å². The average Bonchev–Trinajstić information content (AvgIpc) is 2.87. The van der Waals surface area contributed by atoms with Crippen LogP contribution in [0, 0.1) is 11.7 Å². The summed E-state index contributed by atoms with van der Waals surface area (Å²) in [5, 5.41) is 0. The Bertz CT molecular complexity index is 956. The molecule has 0 saturated heterocycles. The molecule has 1 aliphatic rings. The Labute approximate surface area is 198 Å². The third kappa shape index (κ3) is 6.72. The lowest BCUT2D eigenvalue weighted by atomic mass is 9.77. The van der Waals surface area contributed by atoms with Crippen LogP contribution in [0.5, 0.6) is 0 Å². The number of unbranched alkanes of at least 4 members (excludes halogenated alkanes) is 5. The SMILES string of the molecule is CCCCCCCCC1CCC(c2ccc(-c3cnc(-c4ccc(F)cc4)nc3)cc2)CC1. The Balaban J connectivity index is 1.26. The lowest BCUT2D eigenvalue weighted by Crippen LogP contribution is -2.13. The molecule has 0 unspecified atom stereocenters. The lowest BCUT2D eigenvalue weighted by Gasteiger charge is -2.29. The van der Waals surface area contributed by atoms with Crippen LogP contribution in [-0.2, 0) is 0 Å². The molecule has 1 heterocycles. The Morgan fingerprint density at radius 2 is 1.30 bits per heavy atom. The third-order valence-corrected chi connectivity index (χ3v) is 7.28. The molecule has 1 saturated carbocycles. The predicted octanol–water partition coefficient (Wildman–Crippen LogP) is 8.97. The second-order valence-corrected chi connectivity index (χ2v) is 9.70. The zero-order valence-electron chi connectivity index (χ0n) is 20.0. The van der Waals surface area contributed by atoms with Crippen molar-refractivity contribution in [3.63, 3.8) is 0 Å². The van der Waals surface area contributed by atoms with Crippen molar-refractivity contribution in [3.8, 4) is 22.5 Å². The van der Waals surface area contributed by atoms with Crippen LogP contribution in [0.15, 0.2) is 60.9 Å². The van der Waals surface area contributed by atoms with E-state index < -0.39 is 0 Å². The molecule has 0 aliphatic heterocycles. The smallest absolute Gasteiger partial charge is 0.159 e. The third-order valence-electron chi connectivity index (χ3n) is 7.28. The quantitative estimate of drug-likeness (QED) is 0.292. The number of aromatic nitrogens is 2. The topological polar surface area (TPSA) is 25.8 Å². The highest BCUT2D eigenvalue weighted by Crippen LogP contribution is 2.38. The van der Waals surface area contributed by atoms with Crippen LogP contribution in [0.25, 0.3) is 22.5 Å². The van der Waals surface area contributed by atoms with Crippen molar-refractivity contribution in [2.75, 3.05) is 0 Å². The molecule has 2 aromatic carbocycles. The van der Waals surface area contributed by atoms with Gasteiger partial charge in [0.25, 0.3) is 0 Å². The van der Waals surface area contributed by atoms with Gasteiger partial charge < -0.3 is 0 Å². The van der Waals surface area contributed by atoms with Gasteiger partial charge >= 0.3 is 0 Å². The van der Waals surface area contributed by atoms with Crippen LogP contribution in [0.4, 0.5) is 4.39 Å². The minimum atomic E-state index is -0.248. The van der Waals surface area contributed by atoms with E-state index in [1.807, 2.05) is 12.4 Å². The molecule has 4 rings (SSSR count). The Kier molecular flexibility index (Phi) is 8.63. The second kappa shape index (κ2) is 12.1. The lowest BCUT2D eigenvalue weighted by molar-refractivity contribution is 0.302. The summed E-state index contributed by atoms with van der Waals surface area (Å²) in [5.41, 5.74) is 4.45. The van der Waals surface area contributed by atoms with Crippen molar-refractivity contribution in [3.05, 3.63) is 72.3 Å². The van der Waals surface area contributed by atoms with Gasteiger partial charge in [0.15, 0.2) is 5.82 Å². The fraction of sp³-hybridized carbons (Fsp3) is 0.467. The van der Waals surface area contributed by atoms with Crippen molar-refractivity contribution >= 4 is 0 Å². The van der Waals surface area contributed by atoms with Crippen LogP contribution < -0.4 is 0 Å². The summed E-state index contributed by atoms with van der Waals surface area (Å²) in [6.45, 7) is 2.29. The largest absolute Gasteiger partial charge is 0.236 e. The van der Waals surface area contributed by atoms with E-state index in [9.17, 15) is 4.39 Å². The Morgan fingerprint density at radius 3 is 1.97 bits per heavy atom. The second-order valence-electron chi connectivity index (χ2n) is 9.70. The standard InChI is InChI=1S/C30H37FN2/c1-2-3-4-5-6-7-8-23-9-11-24(12-10-23)25-13-15-26(16-14-25)28-21-32-30(33-22-28)27-17-19-29(31)20-18-27/h13-24H,2-12H2,1H3. The van der Waals surface area contributed by atoms with Gasteiger partial charge in [-0.15, -0.1) is 0 Å². The summed E-state index contributed by atoms with van der Waals surface area (Å²) in [7, 11) is 0. The molecule has 0 bridgehead atoms. The van der Waals surface area contributed by atoms with Gasteiger partial charge in [-0.1, -0.05) is 76.1 Å². The maximum atomic E-state index is 13.1. The van der Waals surface area contributed by atoms with Gasteiger partial charge in [-0.05, 0) is 72.9 Å². The highest BCUT2D eigenvalue weighted by molar-refractivity contribution is 5.64. The first-order valence-electron chi connectivity index (χ1n) is 12.9. The number of nitrogens with zero attached hydrogens (tertiary/aromatic N) is 2. The van der Waals surface area contributed by atoms with Crippen LogP contribution in [0.1, 0.15) is 89.0 Å². The van der Waals surface area contributed by atoms with E-state index in [4.69, 9.17) is 0 Å². The van der Waals surface area contributed by atoms with Crippen molar-refractivity contribution in [1.82, 2.24) is 9.97 Å². The maximum Gasteiger partial charge on any atom is 0.159 e. The first-order valence-corrected chi connectivity index (χ1v) is 12.9. The van der Waals surface area contributed by atoms with Gasteiger partial charge in [-0.3, -0.25) is 0 Å². The summed E-state index contributed by atoms with van der Waals surface area (Å²) in [4.78, 5) is 8.97. The van der Waals surface area contributed by atoms with E-state index in [1.165, 1.54) is 88.3 Å². The van der Waals surface area contributed by atoms with E-state index in [1.54, 1.807) is 12.1 Å². The van der Waals surface area contributed by atoms with Crippen LogP contribution in [0.3, 0.4) is 0 Å². The van der Waals surface area contributed by atoms with Gasteiger partial charge in [0, 0.05) is 23.5 Å². The van der Waals surface area contributed by atoms with E-state index in [0.717, 1.165) is 22.6 Å². The summed E-state index contributed by atoms with van der Waals surface area (Å²) in [6.07, 6.45) is 19.0. The molecule has 0 atom stereocenters. The molecule has 2 nitrogen and oxygen atoms in total. The molecule has 1 aromatic heterocycles. The number of hydrogen-bond acceptors (Lipinski definition) is 2. The van der Waals surface area contributed by atoms with Crippen LogP contribution in [0.2, 0.25) is 0 Å². The van der Waals surface area contributed by atoms with Crippen molar-refractivity contribution in [1.29, 1.82) is 0 Å². The Hall–Kier alpha value is -2.55. The molecule has 3 aromatic rings. The molecule has 0 radical (unpaired) electrons. The summed E-state index contributed by atoms with van der Waals surface area (Å²) in [6, 6.07) is 15.3. The summed E-state index contributed by atoms with van der Waals surface area (Å²) >= 11 is 0. The zero-order valence-corrected chi connectivity index (χ0v) is 20.0. The molecule has 0 spiro atoms. The van der Waals surface area contributed by atoms with E-state index in [2.05, 4.69) is 41.2 Å². The van der Waals surface area contributed by atoms with Gasteiger partial charge in [-0.25, -0.2) is 14.4 Å². The van der Waals surface area contributed by atoms with Crippen LogP contribution in [-0.4, -0.2) is 9.97 Å². The average molecular weight is 445 g/mol. The summed E-state index contributed by atoms with van der Waals surface area (Å²) < 4.78 is 13.1. The van der Waals surface area contributed by atoms with Crippen molar-refractivity contribution < 1.29 is 4.39 Å². The van der Waals surface area contributed by atoms with E-state index in [0.29, 0.717) is 11.7 Å². The summed E-state index contributed by atoms with van der Waals surface area (Å²) in [5.74, 6) is 2.02. The molecule has 0 amide bonds. The Morgan fingerprint density at radius 1 is 0.697 bits per heavy atom. The van der Waals surface area contributed by atoms with Gasteiger partial charge in [-0.2, -0.15) is 0 Å². The minimum Gasteiger partial charge on any atom is -0.236 e. The van der Waals surface area contributed by atoms with Gasteiger partial charge in [0.2, 0.25) is 0 Å². The molecular formula is C30H37FN2. The number of halogens is 1. The molecule has 174 valence electrons. The van der Waals surface area contributed by atoms with Gasteiger partial charge in [0.1, 0.15) is 5.82 Å². The first-order chi connectivity index (χ1) is 16.2. The van der Waals surface area contributed by atoms with Crippen LogP contribution >= 0.6 is 0 Å². The normalized spacial score (nSPS) is 18.4. The number of hydrogen-bond donors (Lipinski definition) is 0. The van der Waals surface area contributed by atoms with Crippen molar-refractivity contribution in [2.24, 2.45) is 5.92 Å². The fourth-order valence-corrected chi connectivity index (χ4v) is 5.17. The highest BCUT2D eigenvalue weighted by atomic mass is 19.1. The molecule has 33 heavy (non-hydrogen) atoms. The molecule has 3 heteroatoms. The monoisotopic (exact) mass is 444 g/mol. The number of benzene rings is 2. The molecular weight excluding hydrogens is 407 g/mol. The number of rotatable bonds is 10. The zero-order chi connectivity index (χ0) is 22.9. The maximum absolute atomic E-state index is 13.1. The fourth-order valence-electron chi connectivity index (χ4n) is 5.17. The first kappa shape index (κ1) is 23.6.